The van der Waals surface area contributed by atoms with Crippen LogP contribution in [0.3, 0.4) is 0 Å². The fraction of sp³-hybridized carbons (Fsp3) is 0.439. The summed E-state index contributed by atoms with van der Waals surface area (Å²) in [6.07, 6.45) is -14.8. The van der Waals surface area contributed by atoms with Crippen molar-refractivity contribution >= 4 is 29.8 Å². The van der Waals surface area contributed by atoms with E-state index in [0.29, 0.717) is 0 Å². The SMILES string of the molecule is CC(=O)OC[C@H]1O[C@@H](O[C@@H]2[C@H](OCc3ccccc3)[C@@H](OC(=O)c3ccccc3)[C@H](O)O[C@@H]2COCc2ccccc2)[C@H](OC(C)=O)[C@@H](OC(C)=O)[C@H]1OC(C)=O. The first-order chi connectivity index (χ1) is 27.4. The van der Waals surface area contributed by atoms with Crippen LogP contribution < -0.4 is 0 Å². The fourth-order valence-corrected chi connectivity index (χ4v) is 6.36. The molecule has 0 aliphatic carbocycles. The van der Waals surface area contributed by atoms with Crippen molar-refractivity contribution in [3.63, 3.8) is 0 Å². The van der Waals surface area contributed by atoms with Crippen LogP contribution in [0.5, 0.6) is 0 Å². The second kappa shape index (κ2) is 20.8. The van der Waals surface area contributed by atoms with Gasteiger partial charge in [0.2, 0.25) is 0 Å². The standard InChI is InChI=1S/C41H46O16/c1-24(42)49-23-32-34(51-25(2)43)36(52-26(3)44)38(53-27(4)45)41(55-32)57-33-31(22-48-20-28-14-8-5-9-15-28)54-40(47)37(56-39(46)30-18-12-7-13-19-30)35(33)50-21-29-16-10-6-11-17-29/h5-19,31-38,40-41,47H,20-23H2,1-4H3/t31-,32-,33+,34+,35+,36+,37-,38-,40-,41+/m1/s1. The number of aliphatic hydroxyl groups excluding tert-OH is 1. The van der Waals surface area contributed by atoms with E-state index in [-0.39, 0.29) is 25.4 Å². The van der Waals surface area contributed by atoms with Crippen LogP contribution in [-0.2, 0) is 79.8 Å². The second-order valence-corrected chi connectivity index (χ2v) is 13.2. The van der Waals surface area contributed by atoms with Gasteiger partial charge in [-0.05, 0) is 23.3 Å². The lowest BCUT2D eigenvalue weighted by atomic mass is 9.96. The summed E-state index contributed by atoms with van der Waals surface area (Å²) in [5, 5.41) is 11.5. The minimum absolute atomic E-state index is 0.0619. The van der Waals surface area contributed by atoms with Gasteiger partial charge in [-0.25, -0.2) is 4.79 Å². The van der Waals surface area contributed by atoms with E-state index in [2.05, 4.69) is 0 Å². The molecule has 0 spiro atoms. The summed E-state index contributed by atoms with van der Waals surface area (Å²) in [6, 6.07) is 26.3. The van der Waals surface area contributed by atoms with E-state index in [1.54, 1.807) is 42.5 Å². The number of hydrogen-bond donors (Lipinski definition) is 1. The molecule has 2 aliphatic heterocycles. The van der Waals surface area contributed by atoms with Gasteiger partial charge in [-0.2, -0.15) is 0 Å². The van der Waals surface area contributed by atoms with Gasteiger partial charge in [0.25, 0.3) is 0 Å². The third-order valence-electron chi connectivity index (χ3n) is 8.78. The Balaban J connectivity index is 1.56. The van der Waals surface area contributed by atoms with Crippen LogP contribution >= 0.6 is 0 Å². The Bertz CT molecular complexity index is 1770. The van der Waals surface area contributed by atoms with E-state index >= 15 is 0 Å². The van der Waals surface area contributed by atoms with E-state index in [0.717, 1.165) is 38.8 Å². The van der Waals surface area contributed by atoms with Crippen molar-refractivity contribution in [1.29, 1.82) is 0 Å². The van der Waals surface area contributed by atoms with Gasteiger partial charge in [-0.3, -0.25) is 19.2 Å². The molecule has 0 saturated carbocycles. The average Bonchev–Trinajstić information content (AvgIpc) is 3.18. The highest BCUT2D eigenvalue weighted by Gasteiger charge is 2.56. The first-order valence-corrected chi connectivity index (χ1v) is 18.2. The van der Waals surface area contributed by atoms with Gasteiger partial charge in [0.05, 0.1) is 25.4 Å². The number of hydrogen-bond acceptors (Lipinski definition) is 16. The minimum atomic E-state index is -1.76. The minimum Gasteiger partial charge on any atom is -0.463 e. The molecule has 2 heterocycles. The zero-order valence-corrected chi connectivity index (χ0v) is 31.8. The predicted octanol–water partition coefficient (Wildman–Crippen LogP) is 3.20. The van der Waals surface area contributed by atoms with Gasteiger partial charge in [-0.1, -0.05) is 78.9 Å². The van der Waals surface area contributed by atoms with Crippen molar-refractivity contribution < 1.29 is 76.4 Å². The van der Waals surface area contributed by atoms with Crippen molar-refractivity contribution in [3.8, 4) is 0 Å². The molecule has 0 aromatic heterocycles. The van der Waals surface area contributed by atoms with Gasteiger partial charge in [0.1, 0.15) is 31.0 Å². The molecule has 3 aromatic rings. The molecule has 0 radical (unpaired) electrons. The van der Waals surface area contributed by atoms with Crippen molar-refractivity contribution in [3.05, 3.63) is 108 Å². The van der Waals surface area contributed by atoms with Crippen molar-refractivity contribution in [2.24, 2.45) is 0 Å². The molecule has 0 bridgehead atoms. The Kier molecular flexibility index (Phi) is 15.7. The van der Waals surface area contributed by atoms with Crippen molar-refractivity contribution in [2.75, 3.05) is 13.2 Å². The molecule has 306 valence electrons. The molecule has 16 nitrogen and oxygen atoms in total. The van der Waals surface area contributed by atoms with Crippen LogP contribution in [0, 0.1) is 0 Å². The molecule has 3 aromatic carbocycles. The lowest BCUT2D eigenvalue weighted by Gasteiger charge is -2.48. The van der Waals surface area contributed by atoms with E-state index in [1.165, 1.54) is 12.1 Å². The predicted molar refractivity (Wildman–Crippen MR) is 194 cm³/mol. The summed E-state index contributed by atoms with van der Waals surface area (Å²) >= 11 is 0. The van der Waals surface area contributed by atoms with Crippen LogP contribution in [0.4, 0.5) is 0 Å². The maximum absolute atomic E-state index is 13.5. The Morgan fingerprint density at radius 3 is 1.65 bits per heavy atom. The van der Waals surface area contributed by atoms with Crippen molar-refractivity contribution in [2.45, 2.75) is 102 Å². The largest absolute Gasteiger partial charge is 0.463 e. The Morgan fingerprint density at radius 2 is 1.07 bits per heavy atom. The van der Waals surface area contributed by atoms with Crippen LogP contribution in [-0.4, -0.2) is 110 Å². The van der Waals surface area contributed by atoms with Gasteiger partial charge in [0, 0.05) is 27.7 Å². The third kappa shape index (κ3) is 12.4. The molecule has 57 heavy (non-hydrogen) atoms. The third-order valence-corrected chi connectivity index (χ3v) is 8.78. The molecular weight excluding hydrogens is 748 g/mol. The molecule has 0 unspecified atom stereocenters. The summed E-state index contributed by atoms with van der Waals surface area (Å²) in [4.78, 5) is 62.8. The van der Waals surface area contributed by atoms with Crippen molar-refractivity contribution in [1.82, 2.24) is 0 Å². The van der Waals surface area contributed by atoms with Gasteiger partial charge in [-0.15, -0.1) is 0 Å². The molecule has 10 atom stereocenters. The number of aliphatic hydroxyl groups is 1. The summed E-state index contributed by atoms with van der Waals surface area (Å²) in [5.41, 5.74) is 1.73. The van der Waals surface area contributed by atoms with Gasteiger partial charge in [0.15, 0.2) is 37.0 Å². The number of esters is 5. The maximum atomic E-state index is 13.5. The van der Waals surface area contributed by atoms with Crippen LogP contribution in [0.25, 0.3) is 0 Å². The number of carbonyl (C=O) groups excluding carboxylic acids is 5. The maximum Gasteiger partial charge on any atom is 0.338 e. The first-order valence-electron chi connectivity index (χ1n) is 18.2. The Labute approximate surface area is 329 Å². The highest BCUT2D eigenvalue weighted by Crippen LogP contribution is 2.35. The second-order valence-electron chi connectivity index (χ2n) is 13.2. The van der Waals surface area contributed by atoms with Gasteiger partial charge >= 0.3 is 29.8 Å². The van der Waals surface area contributed by atoms with Crippen LogP contribution in [0.2, 0.25) is 0 Å². The zero-order valence-electron chi connectivity index (χ0n) is 31.8. The van der Waals surface area contributed by atoms with E-state index in [4.69, 9.17) is 47.4 Å². The quantitative estimate of drug-likeness (QED) is 0.164. The molecule has 1 N–H and O–H groups in total. The van der Waals surface area contributed by atoms with E-state index in [1.807, 2.05) is 36.4 Å². The van der Waals surface area contributed by atoms with Crippen LogP contribution in [0.1, 0.15) is 49.2 Å². The molecule has 2 fully saturated rings. The number of ether oxygens (including phenoxy) is 10. The lowest BCUT2D eigenvalue weighted by Crippen LogP contribution is -2.67. The number of rotatable bonds is 16. The monoisotopic (exact) mass is 794 g/mol. The summed E-state index contributed by atoms with van der Waals surface area (Å²) in [7, 11) is 0. The summed E-state index contributed by atoms with van der Waals surface area (Å²) < 4.78 is 59.3. The molecule has 16 heteroatoms. The molecular formula is C41H46O16. The summed E-state index contributed by atoms with van der Waals surface area (Å²) in [6.45, 7) is 3.79. The average molecular weight is 795 g/mol. The lowest BCUT2D eigenvalue weighted by molar-refractivity contribution is -0.360. The normalized spacial score (nSPS) is 27.0. The van der Waals surface area contributed by atoms with Gasteiger partial charge < -0.3 is 52.5 Å². The summed E-state index contributed by atoms with van der Waals surface area (Å²) in [5.74, 6) is -4.00. The smallest absolute Gasteiger partial charge is 0.338 e. The Morgan fingerprint density at radius 1 is 0.544 bits per heavy atom. The van der Waals surface area contributed by atoms with E-state index < -0.39 is 97.9 Å². The number of carbonyl (C=O) groups is 5. The first kappa shape index (κ1) is 42.9. The highest BCUT2D eigenvalue weighted by atomic mass is 16.8. The Hall–Kier alpha value is -5.23. The number of benzene rings is 3. The molecule has 2 saturated heterocycles. The topological polar surface area (TPSA) is 198 Å². The van der Waals surface area contributed by atoms with E-state index in [9.17, 15) is 29.1 Å². The zero-order chi connectivity index (χ0) is 40.9. The fourth-order valence-electron chi connectivity index (χ4n) is 6.36. The molecule has 2 aliphatic rings. The molecule has 5 rings (SSSR count). The molecule has 0 amide bonds. The highest BCUT2D eigenvalue weighted by molar-refractivity contribution is 5.89. The van der Waals surface area contributed by atoms with Crippen LogP contribution in [0.15, 0.2) is 91.0 Å².